The average molecular weight is 563 g/mol. The molecule has 0 saturated carbocycles. The van der Waals surface area contributed by atoms with E-state index in [0.29, 0.717) is 23.6 Å². The lowest BCUT2D eigenvalue weighted by atomic mass is 10.1. The minimum Gasteiger partial charge on any atom is -0.490 e. The van der Waals surface area contributed by atoms with Gasteiger partial charge in [-0.05, 0) is 56.5 Å². The number of nitrogens with zero attached hydrogens (tertiary/aromatic N) is 1. The van der Waals surface area contributed by atoms with E-state index in [2.05, 4.69) is 12.2 Å². The number of carbonyl (C=O) groups is 3. The summed E-state index contributed by atoms with van der Waals surface area (Å²) in [7, 11) is 0. The van der Waals surface area contributed by atoms with Crippen LogP contribution in [0.1, 0.15) is 68.3 Å². The molecule has 0 radical (unpaired) electrons. The fourth-order valence-corrected chi connectivity index (χ4v) is 5.69. The Balaban J connectivity index is 1.60. The van der Waals surface area contributed by atoms with Crippen molar-refractivity contribution in [3.05, 3.63) is 81.9 Å². The zero-order valence-corrected chi connectivity index (χ0v) is 24.1. The molecule has 0 aliphatic heterocycles. The first kappa shape index (κ1) is 28.9. The molecule has 0 unspecified atom stereocenters. The molecule has 8 nitrogen and oxygen atoms in total. The number of fused-ring (bicyclic) bond motifs is 1. The second-order valence-electron chi connectivity index (χ2n) is 9.23. The Kier molecular flexibility index (Phi) is 9.60. The number of hydrogen-bond acceptors (Lipinski definition) is 7. The van der Waals surface area contributed by atoms with Crippen LogP contribution in [0.4, 0.5) is 5.00 Å². The predicted molar refractivity (Wildman–Crippen MR) is 157 cm³/mol. The third-order valence-corrected chi connectivity index (χ3v) is 7.73. The van der Waals surface area contributed by atoms with Gasteiger partial charge in [-0.15, -0.1) is 11.3 Å². The average Bonchev–Trinajstić information content (AvgIpc) is 3.43. The summed E-state index contributed by atoms with van der Waals surface area (Å²) < 4.78 is 18.3. The largest absolute Gasteiger partial charge is 0.490 e. The van der Waals surface area contributed by atoms with E-state index < -0.39 is 11.9 Å². The smallest absolute Gasteiger partial charge is 0.348 e. The van der Waals surface area contributed by atoms with E-state index in [9.17, 15) is 14.4 Å². The van der Waals surface area contributed by atoms with Crippen molar-refractivity contribution in [2.45, 2.75) is 47.1 Å². The van der Waals surface area contributed by atoms with Crippen LogP contribution in [0.5, 0.6) is 5.75 Å². The normalized spacial score (nSPS) is 10.9. The van der Waals surface area contributed by atoms with Gasteiger partial charge >= 0.3 is 11.9 Å². The summed E-state index contributed by atoms with van der Waals surface area (Å²) in [5, 5.41) is 4.16. The molecule has 0 bridgehead atoms. The fraction of sp³-hybridized carbons (Fsp3) is 0.323. The first-order valence-corrected chi connectivity index (χ1v) is 14.2. The molecule has 2 aromatic carbocycles. The van der Waals surface area contributed by atoms with Gasteiger partial charge in [0.1, 0.15) is 34.5 Å². The standard InChI is InChI=1S/C31H34N2O6S/c1-5-7-17-33-24-16-12-11-15-23(24)20(3)26(33)28(34)32-29-25(30(35)37-6-2)21(4)27(40-29)31(36)39-19-18-38-22-13-9-8-10-14-22/h8-16H,5-7,17-19H2,1-4H3,(H,32,34). The quantitative estimate of drug-likeness (QED) is 0.151. The number of thiophene rings is 1. The molecule has 1 N–H and O–H groups in total. The van der Waals surface area contributed by atoms with E-state index in [1.807, 2.05) is 66.1 Å². The Morgan fingerprint density at radius 3 is 2.33 bits per heavy atom. The van der Waals surface area contributed by atoms with Gasteiger partial charge in [0.2, 0.25) is 0 Å². The van der Waals surface area contributed by atoms with Crippen molar-refractivity contribution >= 4 is 45.1 Å². The number of aromatic nitrogens is 1. The Hall–Kier alpha value is -4.11. The highest BCUT2D eigenvalue weighted by molar-refractivity contribution is 7.18. The molecule has 40 heavy (non-hydrogen) atoms. The third-order valence-electron chi connectivity index (χ3n) is 6.54. The Bertz CT molecular complexity index is 1510. The molecule has 210 valence electrons. The second-order valence-corrected chi connectivity index (χ2v) is 10.2. The summed E-state index contributed by atoms with van der Waals surface area (Å²) in [5.74, 6) is -0.889. The zero-order chi connectivity index (χ0) is 28.6. The van der Waals surface area contributed by atoms with Gasteiger partial charge in [-0.3, -0.25) is 4.79 Å². The second kappa shape index (κ2) is 13.3. The van der Waals surface area contributed by atoms with Crippen LogP contribution in [-0.4, -0.2) is 42.2 Å². The molecule has 0 fully saturated rings. The SMILES string of the molecule is CCCCn1c(C(=O)Nc2sc(C(=O)OCCOc3ccccc3)c(C)c2C(=O)OCC)c(C)c2ccccc21. The van der Waals surface area contributed by atoms with Gasteiger partial charge in [0.25, 0.3) is 5.91 Å². The van der Waals surface area contributed by atoms with Crippen LogP contribution in [-0.2, 0) is 16.0 Å². The third kappa shape index (κ3) is 6.20. The topological polar surface area (TPSA) is 95.9 Å². The maximum absolute atomic E-state index is 13.7. The maximum atomic E-state index is 13.7. The Labute approximate surface area is 237 Å². The van der Waals surface area contributed by atoms with Gasteiger partial charge in [0.15, 0.2) is 0 Å². The van der Waals surface area contributed by atoms with Crippen molar-refractivity contribution in [1.29, 1.82) is 0 Å². The molecular formula is C31H34N2O6S. The van der Waals surface area contributed by atoms with E-state index in [1.54, 1.807) is 13.8 Å². The Morgan fingerprint density at radius 1 is 0.875 bits per heavy atom. The van der Waals surface area contributed by atoms with E-state index in [1.165, 1.54) is 0 Å². The highest BCUT2D eigenvalue weighted by Gasteiger charge is 2.29. The molecular weight excluding hydrogens is 528 g/mol. The van der Waals surface area contributed by atoms with Gasteiger partial charge in [0, 0.05) is 17.4 Å². The number of benzene rings is 2. The lowest BCUT2D eigenvalue weighted by Crippen LogP contribution is -2.19. The number of unbranched alkanes of at least 4 members (excludes halogenated alkanes) is 1. The van der Waals surface area contributed by atoms with Crippen molar-refractivity contribution in [3.63, 3.8) is 0 Å². The van der Waals surface area contributed by atoms with Gasteiger partial charge in [-0.1, -0.05) is 49.7 Å². The molecule has 0 aliphatic carbocycles. The molecule has 2 aromatic heterocycles. The minimum atomic E-state index is -0.610. The summed E-state index contributed by atoms with van der Waals surface area (Å²) in [6, 6.07) is 17.1. The number of amides is 1. The van der Waals surface area contributed by atoms with Crippen molar-refractivity contribution in [2.75, 3.05) is 25.1 Å². The maximum Gasteiger partial charge on any atom is 0.348 e. The highest BCUT2D eigenvalue weighted by atomic mass is 32.1. The van der Waals surface area contributed by atoms with Crippen LogP contribution in [0, 0.1) is 13.8 Å². The number of aryl methyl sites for hydroxylation is 2. The molecule has 0 spiro atoms. The highest BCUT2D eigenvalue weighted by Crippen LogP contribution is 2.35. The molecule has 1 amide bonds. The van der Waals surface area contributed by atoms with Crippen LogP contribution in [0.2, 0.25) is 0 Å². The number of anilines is 1. The predicted octanol–water partition coefficient (Wildman–Crippen LogP) is 6.78. The van der Waals surface area contributed by atoms with Gasteiger partial charge in [0.05, 0.1) is 12.2 Å². The lowest BCUT2D eigenvalue weighted by Gasteiger charge is -2.12. The van der Waals surface area contributed by atoms with E-state index >= 15 is 0 Å². The van der Waals surface area contributed by atoms with Gasteiger partial charge < -0.3 is 24.1 Å². The first-order chi connectivity index (χ1) is 19.4. The summed E-state index contributed by atoms with van der Waals surface area (Å²) in [6.07, 6.45) is 1.89. The van der Waals surface area contributed by atoms with E-state index in [-0.39, 0.29) is 41.2 Å². The van der Waals surface area contributed by atoms with E-state index in [4.69, 9.17) is 14.2 Å². The van der Waals surface area contributed by atoms with E-state index in [0.717, 1.165) is 40.6 Å². The number of hydrogen-bond donors (Lipinski definition) is 1. The molecule has 2 heterocycles. The Morgan fingerprint density at radius 2 is 1.60 bits per heavy atom. The minimum absolute atomic E-state index is 0.0260. The number of nitrogens with one attached hydrogen (secondary N) is 1. The van der Waals surface area contributed by atoms with Crippen LogP contribution in [0.15, 0.2) is 54.6 Å². The summed E-state index contributed by atoms with van der Waals surface area (Å²) in [6.45, 7) is 8.42. The van der Waals surface area contributed by atoms with Crippen molar-refractivity contribution < 1.29 is 28.6 Å². The van der Waals surface area contributed by atoms with Crippen LogP contribution in [0.25, 0.3) is 10.9 Å². The summed E-state index contributed by atoms with van der Waals surface area (Å²) in [5.41, 5.74) is 2.91. The molecule has 0 atom stereocenters. The molecule has 4 rings (SSSR count). The number of carbonyl (C=O) groups excluding carboxylic acids is 3. The van der Waals surface area contributed by atoms with Gasteiger partial charge in [-0.2, -0.15) is 0 Å². The van der Waals surface area contributed by atoms with Crippen molar-refractivity contribution in [3.8, 4) is 5.75 Å². The number of rotatable bonds is 12. The van der Waals surface area contributed by atoms with Crippen LogP contribution >= 0.6 is 11.3 Å². The number of para-hydroxylation sites is 2. The molecule has 9 heteroatoms. The number of esters is 2. The van der Waals surface area contributed by atoms with Crippen molar-refractivity contribution in [2.24, 2.45) is 0 Å². The van der Waals surface area contributed by atoms with Crippen molar-refractivity contribution in [1.82, 2.24) is 4.57 Å². The number of ether oxygens (including phenoxy) is 3. The summed E-state index contributed by atoms with van der Waals surface area (Å²) >= 11 is 1.00. The summed E-state index contributed by atoms with van der Waals surface area (Å²) in [4.78, 5) is 39.9. The monoisotopic (exact) mass is 562 g/mol. The first-order valence-electron chi connectivity index (χ1n) is 13.4. The van der Waals surface area contributed by atoms with Crippen LogP contribution < -0.4 is 10.1 Å². The fourth-order valence-electron chi connectivity index (χ4n) is 4.60. The zero-order valence-electron chi connectivity index (χ0n) is 23.2. The molecule has 0 aliphatic rings. The lowest BCUT2D eigenvalue weighted by molar-refractivity contribution is 0.0455. The van der Waals surface area contributed by atoms with Gasteiger partial charge in [-0.25, -0.2) is 9.59 Å². The van der Waals surface area contributed by atoms with Crippen LogP contribution in [0.3, 0.4) is 0 Å². The molecule has 0 saturated heterocycles. The molecule has 4 aromatic rings.